The third-order valence-electron chi connectivity index (χ3n) is 2.58. The second-order valence-corrected chi connectivity index (χ2v) is 3.95. The summed E-state index contributed by atoms with van der Waals surface area (Å²) in [6.07, 6.45) is 0. The van der Waals surface area contributed by atoms with Crippen molar-refractivity contribution in [1.29, 1.82) is 0 Å². The molecule has 92 valence electrons. The average molecular weight is 243 g/mol. The minimum absolute atomic E-state index is 0.126. The smallest absolute Gasteiger partial charge is 0.337 e. The minimum atomic E-state index is -0.373. The highest BCUT2D eigenvalue weighted by molar-refractivity contribution is 5.97. The number of carbonyl (C=O) groups is 2. The molecule has 0 radical (unpaired) electrons. The van der Waals surface area contributed by atoms with Gasteiger partial charge >= 0.3 is 5.97 Å². The maximum Gasteiger partial charge on any atom is 0.337 e. The summed E-state index contributed by atoms with van der Waals surface area (Å²) in [5.41, 5.74) is 1.20. The van der Waals surface area contributed by atoms with Gasteiger partial charge in [0.1, 0.15) is 0 Å². The molecule has 1 N–H and O–H groups in total. The van der Waals surface area contributed by atoms with Crippen molar-refractivity contribution in [1.82, 2.24) is 0 Å². The quantitative estimate of drug-likeness (QED) is 0.825. The van der Waals surface area contributed by atoms with Gasteiger partial charge in [0.05, 0.1) is 12.7 Å². The standard InChI is InChI=1S/C14H13NO3/c1-9(16)15-13-6-5-10-3-4-11(14(17)18-2)7-12(10)8-13/h3-8H,1-2H3,(H,15,16). The largest absolute Gasteiger partial charge is 0.465 e. The number of rotatable bonds is 2. The first kappa shape index (κ1) is 12.1. The number of hydrogen-bond donors (Lipinski definition) is 1. The molecule has 0 heterocycles. The second-order valence-electron chi connectivity index (χ2n) is 3.95. The lowest BCUT2D eigenvalue weighted by Crippen LogP contribution is -2.05. The Morgan fingerprint density at radius 2 is 1.78 bits per heavy atom. The van der Waals surface area contributed by atoms with E-state index < -0.39 is 0 Å². The third kappa shape index (κ3) is 2.48. The Balaban J connectivity index is 2.46. The van der Waals surface area contributed by atoms with Crippen molar-refractivity contribution < 1.29 is 14.3 Å². The van der Waals surface area contributed by atoms with Crippen molar-refractivity contribution in [3.8, 4) is 0 Å². The van der Waals surface area contributed by atoms with Crippen LogP contribution in [0.25, 0.3) is 10.8 Å². The summed E-state index contributed by atoms with van der Waals surface area (Å²) in [5.74, 6) is -0.500. The molecule has 0 aliphatic heterocycles. The summed E-state index contributed by atoms with van der Waals surface area (Å²) in [6.45, 7) is 1.45. The van der Waals surface area contributed by atoms with E-state index in [9.17, 15) is 9.59 Å². The van der Waals surface area contributed by atoms with Crippen LogP contribution in [0.15, 0.2) is 36.4 Å². The lowest BCUT2D eigenvalue weighted by Gasteiger charge is -2.05. The zero-order chi connectivity index (χ0) is 13.1. The fraction of sp³-hybridized carbons (Fsp3) is 0.143. The maximum atomic E-state index is 11.4. The van der Waals surface area contributed by atoms with Gasteiger partial charge in [0.15, 0.2) is 0 Å². The number of hydrogen-bond acceptors (Lipinski definition) is 3. The summed E-state index contributed by atoms with van der Waals surface area (Å²) in [7, 11) is 1.35. The van der Waals surface area contributed by atoms with Crippen molar-refractivity contribution in [2.75, 3.05) is 12.4 Å². The molecule has 2 aromatic carbocycles. The number of benzene rings is 2. The number of amides is 1. The van der Waals surface area contributed by atoms with E-state index in [0.717, 1.165) is 10.8 Å². The Labute approximate surface area is 105 Å². The van der Waals surface area contributed by atoms with E-state index in [2.05, 4.69) is 10.1 Å². The van der Waals surface area contributed by atoms with Gasteiger partial charge in [-0.25, -0.2) is 4.79 Å². The first-order valence-electron chi connectivity index (χ1n) is 5.50. The number of nitrogens with one attached hydrogen (secondary N) is 1. The van der Waals surface area contributed by atoms with Crippen molar-refractivity contribution in [2.45, 2.75) is 6.92 Å². The van der Waals surface area contributed by atoms with Crippen LogP contribution in [0.3, 0.4) is 0 Å². The third-order valence-corrected chi connectivity index (χ3v) is 2.58. The molecule has 18 heavy (non-hydrogen) atoms. The predicted octanol–water partition coefficient (Wildman–Crippen LogP) is 2.58. The van der Waals surface area contributed by atoms with Gasteiger partial charge in [-0.05, 0) is 35.0 Å². The van der Waals surface area contributed by atoms with Crippen LogP contribution in [0.1, 0.15) is 17.3 Å². The molecule has 0 spiro atoms. The average Bonchev–Trinajstić information content (AvgIpc) is 2.36. The summed E-state index contributed by atoms with van der Waals surface area (Å²) >= 11 is 0. The molecular weight excluding hydrogens is 230 g/mol. The summed E-state index contributed by atoms with van der Waals surface area (Å²) < 4.78 is 4.67. The van der Waals surface area contributed by atoms with Gasteiger partial charge in [0.25, 0.3) is 0 Å². The van der Waals surface area contributed by atoms with E-state index in [4.69, 9.17) is 0 Å². The Hall–Kier alpha value is -2.36. The lowest BCUT2D eigenvalue weighted by molar-refractivity contribution is -0.114. The van der Waals surface area contributed by atoms with E-state index in [1.165, 1.54) is 14.0 Å². The molecule has 0 aromatic heterocycles. The number of methoxy groups -OCH3 is 1. The molecule has 0 bridgehead atoms. The summed E-state index contributed by atoms with van der Waals surface area (Å²) in [5, 5.41) is 4.58. The van der Waals surface area contributed by atoms with Crippen LogP contribution in [0.4, 0.5) is 5.69 Å². The molecule has 0 aliphatic rings. The SMILES string of the molecule is COC(=O)c1ccc2ccc(NC(C)=O)cc2c1. The van der Waals surface area contributed by atoms with Gasteiger partial charge in [-0.1, -0.05) is 12.1 Å². The van der Waals surface area contributed by atoms with Crippen LogP contribution < -0.4 is 5.32 Å². The number of carbonyl (C=O) groups excluding carboxylic acids is 2. The monoisotopic (exact) mass is 243 g/mol. The molecule has 0 aliphatic carbocycles. The van der Waals surface area contributed by atoms with Crippen LogP contribution in [0.2, 0.25) is 0 Å². The van der Waals surface area contributed by atoms with E-state index in [1.807, 2.05) is 24.3 Å². The topological polar surface area (TPSA) is 55.4 Å². The van der Waals surface area contributed by atoms with Crippen LogP contribution in [-0.4, -0.2) is 19.0 Å². The van der Waals surface area contributed by atoms with Gasteiger partial charge in [-0.15, -0.1) is 0 Å². The van der Waals surface area contributed by atoms with Crippen LogP contribution in [-0.2, 0) is 9.53 Å². The molecule has 2 aromatic rings. The van der Waals surface area contributed by atoms with Crippen molar-refractivity contribution in [3.63, 3.8) is 0 Å². The minimum Gasteiger partial charge on any atom is -0.465 e. The molecule has 1 amide bonds. The Kier molecular flexibility index (Phi) is 3.28. The zero-order valence-corrected chi connectivity index (χ0v) is 10.2. The number of esters is 1. The first-order valence-corrected chi connectivity index (χ1v) is 5.50. The molecule has 4 nitrogen and oxygen atoms in total. The number of anilines is 1. The number of fused-ring (bicyclic) bond motifs is 1. The van der Waals surface area contributed by atoms with Crippen molar-refractivity contribution >= 4 is 28.3 Å². The van der Waals surface area contributed by atoms with Gasteiger partial charge in [0.2, 0.25) is 5.91 Å². The highest BCUT2D eigenvalue weighted by atomic mass is 16.5. The molecular formula is C14H13NO3. The van der Waals surface area contributed by atoms with Gasteiger partial charge in [-0.3, -0.25) is 4.79 Å². The molecule has 4 heteroatoms. The van der Waals surface area contributed by atoms with Crippen molar-refractivity contribution in [3.05, 3.63) is 42.0 Å². The molecule has 0 unspecified atom stereocenters. The van der Waals surface area contributed by atoms with Gasteiger partial charge in [-0.2, -0.15) is 0 Å². The second kappa shape index (κ2) is 4.87. The van der Waals surface area contributed by atoms with E-state index in [-0.39, 0.29) is 11.9 Å². The molecule has 0 fully saturated rings. The summed E-state index contributed by atoms with van der Waals surface area (Å²) in [4.78, 5) is 22.4. The zero-order valence-electron chi connectivity index (χ0n) is 10.2. The van der Waals surface area contributed by atoms with E-state index in [1.54, 1.807) is 12.1 Å². The van der Waals surface area contributed by atoms with E-state index in [0.29, 0.717) is 11.3 Å². The first-order chi connectivity index (χ1) is 8.60. The van der Waals surface area contributed by atoms with Gasteiger partial charge in [0, 0.05) is 12.6 Å². The predicted molar refractivity (Wildman–Crippen MR) is 69.6 cm³/mol. The fourth-order valence-electron chi connectivity index (χ4n) is 1.77. The van der Waals surface area contributed by atoms with Crippen LogP contribution in [0.5, 0.6) is 0 Å². The maximum absolute atomic E-state index is 11.4. The normalized spacial score (nSPS) is 10.1. The van der Waals surface area contributed by atoms with Crippen LogP contribution in [0, 0.1) is 0 Å². The highest BCUT2D eigenvalue weighted by Crippen LogP contribution is 2.21. The molecule has 0 atom stereocenters. The fourth-order valence-corrected chi connectivity index (χ4v) is 1.77. The number of ether oxygens (including phenoxy) is 1. The Morgan fingerprint density at radius 1 is 1.06 bits per heavy atom. The highest BCUT2D eigenvalue weighted by Gasteiger charge is 2.06. The molecule has 0 saturated carbocycles. The van der Waals surface area contributed by atoms with Gasteiger partial charge < -0.3 is 10.1 Å². The Bertz CT molecular complexity index is 619. The van der Waals surface area contributed by atoms with Crippen molar-refractivity contribution in [2.24, 2.45) is 0 Å². The lowest BCUT2D eigenvalue weighted by atomic mass is 10.1. The molecule has 2 rings (SSSR count). The summed E-state index contributed by atoms with van der Waals surface area (Å²) in [6, 6.07) is 10.8. The Morgan fingerprint density at radius 3 is 2.44 bits per heavy atom. The van der Waals surface area contributed by atoms with E-state index >= 15 is 0 Å². The van der Waals surface area contributed by atoms with Crippen LogP contribution >= 0.6 is 0 Å². The molecule has 0 saturated heterocycles.